The van der Waals surface area contributed by atoms with Gasteiger partial charge in [-0.3, -0.25) is 4.68 Å². The summed E-state index contributed by atoms with van der Waals surface area (Å²) in [5.74, 6) is 0. The zero-order valence-electron chi connectivity index (χ0n) is 13.6. The molecule has 4 nitrogen and oxygen atoms in total. The number of nitrogens with zero attached hydrogens (tertiary/aromatic N) is 2. The van der Waals surface area contributed by atoms with Gasteiger partial charge in [-0.25, -0.2) is 0 Å². The van der Waals surface area contributed by atoms with Gasteiger partial charge in [0, 0.05) is 19.3 Å². The summed E-state index contributed by atoms with van der Waals surface area (Å²) < 4.78 is 7.62. The molecule has 0 bridgehead atoms. The van der Waals surface area contributed by atoms with Crippen LogP contribution in [0.4, 0.5) is 0 Å². The molecule has 0 spiro atoms. The molecule has 20 heavy (non-hydrogen) atoms. The Morgan fingerprint density at radius 3 is 2.65 bits per heavy atom. The number of hydrogen-bond acceptors (Lipinski definition) is 3. The highest BCUT2D eigenvalue weighted by atomic mass is 16.5. The molecule has 0 fully saturated rings. The van der Waals surface area contributed by atoms with Crippen LogP contribution in [0.1, 0.15) is 65.1 Å². The molecule has 0 aliphatic carbocycles. The minimum absolute atomic E-state index is 0.344. The van der Waals surface area contributed by atoms with Crippen molar-refractivity contribution < 1.29 is 4.74 Å². The third-order valence-electron chi connectivity index (χ3n) is 3.49. The fourth-order valence-corrected chi connectivity index (χ4v) is 2.23. The normalized spacial score (nSPS) is 11.7. The molecule has 116 valence electrons. The molecule has 4 heteroatoms. The Labute approximate surface area is 123 Å². The second kappa shape index (κ2) is 9.94. The third kappa shape index (κ3) is 6.53. The highest BCUT2D eigenvalue weighted by Gasteiger charge is 2.07. The Bertz CT molecular complexity index is 345. The molecule has 1 aromatic heterocycles. The SMILES string of the molecule is CCC(CC)n1ccc(CNCCCCOC(C)C)n1. The van der Waals surface area contributed by atoms with Gasteiger partial charge in [0.2, 0.25) is 0 Å². The Morgan fingerprint density at radius 1 is 1.25 bits per heavy atom. The first kappa shape index (κ1) is 17.2. The van der Waals surface area contributed by atoms with Crippen LogP contribution in [0, 0.1) is 0 Å². The summed E-state index contributed by atoms with van der Waals surface area (Å²) in [5.41, 5.74) is 1.13. The van der Waals surface area contributed by atoms with Gasteiger partial charge in [-0.2, -0.15) is 5.10 Å². The van der Waals surface area contributed by atoms with Gasteiger partial charge in [0.05, 0.1) is 17.8 Å². The topological polar surface area (TPSA) is 39.1 Å². The van der Waals surface area contributed by atoms with E-state index in [1.54, 1.807) is 0 Å². The summed E-state index contributed by atoms with van der Waals surface area (Å²) in [5, 5.41) is 8.09. The summed E-state index contributed by atoms with van der Waals surface area (Å²) in [6, 6.07) is 2.66. The summed E-state index contributed by atoms with van der Waals surface area (Å²) in [7, 11) is 0. The number of hydrogen-bond donors (Lipinski definition) is 1. The molecule has 0 aliphatic rings. The lowest BCUT2D eigenvalue weighted by molar-refractivity contribution is 0.0760. The van der Waals surface area contributed by atoms with Crippen LogP contribution in [0.15, 0.2) is 12.3 Å². The molecule has 0 aromatic carbocycles. The first-order valence-electron chi connectivity index (χ1n) is 8.03. The average molecular weight is 281 g/mol. The number of ether oxygens (including phenoxy) is 1. The molecule has 1 heterocycles. The summed E-state index contributed by atoms with van der Waals surface area (Å²) in [6.07, 6.45) is 7.00. The van der Waals surface area contributed by atoms with E-state index >= 15 is 0 Å². The van der Waals surface area contributed by atoms with Crippen molar-refractivity contribution in [1.82, 2.24) is 15.1 Å². The molecule has 1 aromatic rings. The summed E-state index contributed by atoms with van der Waals surface area (Å²) in [4.78, 5) is 0. The highest BCUT2D eigenvalue weighted by Crippen LogP contribution is 2.14. The molecule has 0 unspecified atom stereocenters. The minimum Gasteiger partial charge on any atom is -0.379 e. The maximum absolute atomic E-state index is 5.52. The van der Waals surface area contributed by atoms with E-state index in [1.807, 2.05) is 0 Å². The number of rotatable bonds is 11. The maximum Gasteiger partial charge on any atom is 0.0762 e. The first-order chi connectivity index (χ1) is 9.67. The maximum atomic E-state index is 5.52. The fraction of sp³-hybridized carbons (Fsp3) is 0.812. The van der Waals surface area contributed by atoms with Gasteiger partial charge in [-0.05, 0) is 52.1 Å². The van der Waals surface area contributed by atoms with Gasteiger partial charge in [-0.15, -0.1) is 0 Å². The molecular formula is C16H31N3O. The van der Waals surface area contributed by atoms with Crippen LogP contribution in [0.5, 0.6) is 0 Å². The average Bonchev–Trinajstić information content (AvgIpc) is 2.87. The Morgan fingerprint density at radius 2 is 2.00 bits per heavy atom. The van der Waals surface area contributed by atoms with Crippen LogP contribution in [-0.2, 0) is 11.3 Å². The molecule has 0 amide bonds. The van der Waals surface area contributed by atoms with Crippen molar-refractivity contribution in [2.45, 2.75) is 72.1 Å². The lowest BCUT2D eigenvalue weighted by atomic mass is 10.2. The predicted molar refractivity (Wildman–Crippen MR) is 83.9 cm³/mol. The second-order valence-electron chi connectivity index (χ2n) is 5.56. The van der Waals surface area contributed by atoms with E-state index in [2.05, 4.69) is 55.1 Å². The van der Waals surface area contributed by atoms with Gasteiger partial charge >= 0.3 is 0 Å². The summed E-state index contributed by atoms with van der Waals surface area (Å²) in [6.45, 7) is 11.3. The molecule has 0 atom stereocenters. The monoisotopic (exact) mass is 281 g/mol. The third-order valence-corrected chi connectivity index (χ3v) is 3.49. The van der Waals surface area contributed by atoms with Crippen LogP contribution < -0.4 is 5.32 Å². The van der Waals surface area contributed by atoms with Crippen LogP contribution in [0.25, 0.3) is 0 Å². The second-order valence-corrected chi connectivity index (χ2v) is 5.56. The number of unbranched alkanes of at least 4 members (excludes halogenated alkanes) is 1. The first-order valence-corrected chi connectivity index (χ1v) is 8.03. The smallest absolute Gasteiger partial charge is 0.0762 e. The van der Waals surface area contributed by atoms with Crippen molar-refractivity contribution in [2.24, 2.45) is 0 Å². The largest absolute Gasteiger partial charge is 0.379 e. The van der Waals surface area contributed by atoms with Gasteiger partial charge in [0.15, 0.2) is 0 Å². The molecular weight excluding hydrogens is 250 g/mol. The zero-order chi connectivity index (χ0) is 14.8. The van der Waals surface area contributed by atoms with Crippen molar-refractivity contribution in [3.8, 4) is 0 Å². The van der Waals surface area contributed by atoms with Crippen LogP contribution in [0.3, 0.4) is 0 Å². The van der Waals surface area contributed by atoms with E-state index in [4.69, 9.17) is 4.74 Å². The van der Waals surface area contributed by atoms with Crippen molar-refractivity contribution in [3.63, 3.8) is 0 Å². The standard InChI is InChI=1S/C16H31N3O/c1-5-16(6-2)19-11-9-15(18-19)13-17-10-7-8-12-20-14(3)4/h9,11,14,16-17H,5-8,10,12-13H2,1-4H3. The van der Waals surface area contributed by atoms with E-state index in [9.17, 15) is 0 Å². The number of nitrogens with one attached hydrogen (secondary N) is 1. The van der Waals surface area contributed by atoms with E-state index in [0.29, 0.717) is 12.1 Å². The Hall–Kier alpha value is -0.870. The van der Waals surface area contributed by atoms with Gasteiger partial charge in [0.25, 0.3) is 0 Å². The van der Waals surface area contributed by atoms with Crippen LogP contribution in [0.2, 0.25) is 0 Å². The molecule has 0 aliphatic heterocycles. The molecule has 0 saturated carbocycles. The van der Waals surface area contributed by atoms with Crippen molar-refractivity contribution >= 4 is 0 Å². The highest BCUT2D eigenvalue weighted by molar-refractivity contribution is 4.99. The van der Waals surface area contributed by atoms with Gasteiger partial charge in [0.1, 0.15) is 0 Å². The number of aromatic nitrogens is 2. The van der Waals surface area contributed by atoms with Crippen molar-refractivity contribution in [3.05, 3.63) is 18.0 Å². The lowest BCUT2D eigenvalue weighted by Crippen LogP contribution is -2.16. The van der Waals surface area contributed by atoms with Crippen LogP contribution >= 0.6 is 0 Å². The van der Waals surface area contributed by atoms with E-state index in [-0.39, 0.29) is 0 Å². The Kier molecular flexibility index (Phi) is 8.54. The zero-order valence-corrected chi connectivity index (χ0v) is 13.6. The molecule has 1 rings (SSSR count). The van der Waals surface area contributed by atoms with Crippen LogP contribution in [-0.4, -0.2) is 29.0 Å². The summed E-state index contributed by atoms with van der Waals surface area (Å²) >= 11 is 0. The van der Waals surface area contributed by atoms with Gasteiger partial charge < -0.3 is 10.1 Å². The van der Waals surface area contributed by atoms with Crippen molar-refractivity contribution in [2.75, 3.05) is 13.2 Å². The van der Waals surface area contributed by atoms with E-state index < -0.39 is 0 Å². The van der Waals surface area contributed by atoms with Gasteiger partial charge in [-0.1, -0.05) is 13.8 Å². The molecule has 0 saturated heterocycles. The predicted octanol–water partition coefficient (Wildman–Crippen LogP) is 3.54. The minimum atomic E-state index is 0.344. The molecule has 1 N–H and O–H groups in total. The molecule has 0 radical (unpaired) electrons. The lowest BCUT2D eigenvalue weighted by Gasteiger charge is -2.12. The Balaban J connectivity index is 2.13. The fourth-order valence-electron chi connectivity index (χ4n) is 2.23. The quantitative estimate of drug-likeness (QED) is 0.631. The van der Waals surface area contributed by atoms with E-state index in [1.165, 1.54) is 0 Å². The van der Waals surface area contributed by atoms with Crippen molar-refractivity contribution in [1.29, 1.82) is 0 Å². The van der Waals surface area contributed by atoms with E-state index in [0.717, 1.165) is 51.1 Å².